The minimum atomic E-state index is -0.218. The lowest BCUT2D eigenvalue weighted by Gasteiger charge is -2.32. The van der Waals surface area contributed by atoms with E-state index in [4.69, 9.17) is 4.74 Å². The zero-order chi connectivity index (χ0) is 21.6. The molecule has 2 heterocycles. The number of likely N-dealkylation sites (tertiary alicyclic amines) is 1. The van der Waals surface area contributed by atoms with E-state index in [0.717, 1.165) is 61.8 Å². The first-order valence-electron chi connectivity index (χ1n) is 10.9. The third-order valence-corrected chi connectivity index (χ3v) is 5.84. The summed E-state index contributed by atoms with van der Waals surface area (Å²) in [6.45, 7) is 6.22. The Hall–Kier alpha value is -3.06. The van der Waals surface area contributed by atoms with Crippen LogP contribution in [0.25, 0.3) is 0 Å². The number of urea groups is 1. The maximum atomic E-state index is 12.9. The second kappa shape index (κ2) is 9.83. The fraction of sp³-hybridized carbons (Fsp3) is 0.417. The molecule has 0 bridgehead atoms. The maximum Gasteiger partial charge on any atom is 0.321 e. The molecule has 2 aliphatic rings. The number of morpholine rings is 1. The van der Waals surface area contributed by atoms with Crippen molar-refractivity contribution in [1.82, 2.24) is 4.90 Å². The second-order valence-corrected chi connectivity index (χ2v) is 8.22. The number of hydrogen-bond acceptors (Lipinski definition) is 4. The van der Waals surface area contributed by atoms with Gasteiger partial charge in [0.15, 0.2) is 0 Å². The summed E-state index contributed by atoms with van der Waals surface area (Å²) < 4.78 is 5.42. The number of piperidine rings is 1. The van der Waals surface area contributed by atoms with E-state index in [1.807, 2.05) is 49.4 Å². The normalized spacial score (nSPS) is 19.1. The van der Waals surface area contributed by atoms with Gasteiger partial charge in [0.1, 0.15) is 0 Å². The molecule has 4 rings (SSSR count). The van der Waals surface area contributed by atoms with Crippen molar-refractivity contribution >= 4 is 29.0 Å². The van der Waals surface area contributed by atoms with E-state index in [-0.39, 0.29) is 17.9 Å². The fourth-order valence-corrected chi connectivity index (χ4v) is 4.15. The van der Waals surface area contributed by atoms with Crippen molar-refractivity contribution in [2.45, 2.75) is 19.8 Å². The number of anilines is 3. The highest BCUT2D eigenvalue weighted by Gasteiger charge is 2.28. The first-order valence-corrected chi connectivity index (χ1v) is 10.9. The summed E-state index contributed by atoms with van der Waals surface area (Å²) in [7, 11) is 0. The maximum absolute atomic E-state index is 12.9. The van der Waals surface area contributed by atoms with Crippen LogP contribution in [0.3, 0.4) is 0 Å². The number of hydrogen-bond donors (Lipinski definition) is 2. The smallest absolute Gasteiger partial charge is 0.321 e. The molecule has 1 unspecified atom stereocenters. The summed E-state index contributed by atoms with van der Waals surface area (Å²) in [4.78, 5) is 29.6. The van der Waals surface area contributed by atoms with Crippen molar-refractivity contribution < 1.29 is 14.3 Å². The molecule has 7 heteroatoms. The van der Waals surface area contributed by atoms with Gasteiger partial charge in [0.2, 0.25) is 5.91 Å². The van der Waals surface area contributed by atoms with Gasteiger partial charge in [-0.05, 0) is 55.7 Å². The van der Waals surface area contributed by atoms with Crippen molar-refractivity contribution in [2.24, 2.45) is 5.92 Å². The van der Waals surface area contributed by atoms with E-state index in [1.165, 1.54) is 0 Å². The van der Waals surface area contributed by atoms with Gasteiger partial charge in [-0.25, -0.2) is 4.79 Å². The first kappa shape index (κ1) is 21.2. The lowest BCUT2D eigenvalue weighted by Crippen LogP contribution is -2.45. The molecule has 2 aromatic rings. The van der Waals surface area contributed by atoms with Gasteiger partial charge in [0, 0.05) is 43.2 Å². The molecule has 0 aromatic heterocycles. The quantitative estimate of drug-likeness (QED) is 0.788. The van der Waals surface area contributed by atoms with Crippen LogP contribution in [-0.4, -0.2) is 56.2 Å². The molecule has 1 atom stereocenters. The average Bonchev–Trinajstić information content (AvgIpc) is 2.80. The molecule has 0 spiro atoms. The predicted molar refractivity (Wildman–Crippen MR) is 123 cm³/mol. The molecule has 2 N–H and O–H groups in total. The molecule has 2 saturated heterocycles. The Balaban J connectivity index is 1.35. The molecule has 2 fully saturated rings. The van der Waals surface area contributed by atoms with Crippen LogP contribution in [0.5, 0.6) is 0 Å². The van der Waals surface area contributed by atoms with Crippen LogP contribution >= 0.6 is 0 Å². The number of carbonyl (C=O) groups is 2. The van der Waals surface area contributed by atoms with E-state index >= 15 is 0 Å². The van der Waals surface area contributed by atoms with Gasteiger partial charge in [0.05, 0.1) is 19.1 Å². The zero-order valence-electron chi connectivity index (χ0n) is 18.0. The molecule has 7 nitrogen and oxygen atoms in total. The number of benzene rings is 2. The monoisotopic (exact) mass is 422 g/mol. The lowest BCUT2D eigenvalue weighted by molar-refractivity contribution is -0.121. The molecule has 164 valence electrons. The molecule has 31 heavy (non-hydrogen) atoms. The number of carbonyl (C=O) groups excluding carboxylic acids is 2. The first-order chi connectivity index (χ1) is 15.1. The van der Waals surface area contributed by atoms with E-state index in [1.54, 1.807) is 4.90 Å². The number of nitrogens with one attached hydrogen (secondary N) is 2. The van der Waals surface area contributed by atoms with Gasteiger partial charge in [-0.15, -0.1) is 0 Å². The molecular weight excluding hydrogens is 392 g/mol. The summed E-state index contributed by atoms with van der Waals surface area (Å²) in [5, 5.41) is 6.00. The number of aryl methyl sites for hydroxylation is 1. The highest BCUT2D eigenvalue weighted by Crippen LogP contribution is 2.23. The largest absolute Gasteiger partial charge is 0.378 e. The van der Waals surface area contributed by atoms with E-state index in [9.17, 15) is 9.59 Å². The van der Waals surface area contributed by atoms with E-state index in [0.29, 0.717) is 13.1 Å². The average molecular weight is 423 g/mol. The van der Waals surface area contributed by atoms with Gasteiger partial charge in [-0.3, -0.25) is 4.79 Å². The zero-order valence-corrected chi connectivity index (χ0v) is 18.0. The van der Waals surface area contributed by atoms with Crippen molar-refractivity contribution in [3.8, 4) is 0 Å². The van der Waals surface area contributed by atoms with Crippen LogP contribution < -0.4 is 15.5 Å². The Morgan fingerprint density at radius 2 is 1.71 bits per heavy atom. The Kier molecular flexibility index (Phi) is 6.72. The topological polar surface area (TPSA) is 73.9 Å². The molecular formula is C24H30N4O3. The van der Waals surface area contributed by atoms with Gasteiger partial charge in [-0.2, -0.15) is 0 Å². The summed E-state index contributed by atoms with van der Waals surface area (Å²) in [6, 6.07) is 15.5. The molecule has 2 aliphatic heterocycles. The van der Waals surface area contributed by atoms with Crippen molar-refractivity contribution in [2.75, 3.05) is 54.9 Å². The van der Waals surface area contributed by atoms with Crippen LogP contribution in [0.4, 0.5) is 21.9 Å². The SMILES string of the molecule is Cc1cccc(NC(=O)N2CCCC(C(=O)Nc3cccc(N4CCOCC4)c3)C2)c1. The number of rotatable bonds is 4. The highest BCUT2D eigenvalue weighted by molar-refractivity contribution is 5.94. The van der Waals surface area contributed by atoms with Gasteiger partial charge < -0.3 is 25.2 Å². The van der Waals surface area contributed by atoms with E-state index in [2.05, 4.69) is 21.6 Å². The number of amides is 3. The minimum absolute atomic E-state index is 0.0350. The Bertz CT molecular complexity index is 927. The van der Waals surface area contributed by atoms with Crippen LogP contribution in [0.15, 0.2) is 48.5 Å². The van der Waals surface area contributed by atoms with Crippen molar-refractivity contribution in [3.05, 3.63) is 54.1 Å². The third-order valence-electron chi connectivity index (χ3n) is 5.84. The van der Waals surface area contributed by atoms with Crippen LogP contribution in [0.1, 0.15) is 18.4 Å². The fourth-order valence-electron chi connectivity index (χ4n) is 4.15. The van der Waals surface area contributed by atoms with Crippen LogP contribution in [-0.2, 0) is 9.53 Å². The summed E-state index contributed by atoms with van der Waals surface area (Å²) in [5.74, 6) is -0.253. The molecule has 3 amide bonds. The number of nitrogens with zero attached hydrogens (tertiary/aromatic N) is 2. The third kappa shape index (κ3) is 5.55. The molecule has 0 radical (unpaired) electrons. The molecule has 0 aliphatic carbocycles. The molecule has 0 saturated carbocycles. The van der Waals surface area contributed by atoms with Crippen molar-refractivity contribution in [1.29, 1.82) is 0 Å². The Labute approximate surface area is 183 Å². The highest BCUT2D eigenvalue weighted by atomic mass is 16.5. The summed E-state index contributed by atoms with van der Waals surface area (Å²) >= 11 is 0. The van der Waals surface area contributed by atoms with Crippen LogP contribution in [0, 0.1) is 12.8 Å². The lowest BCUT2D eigenvalue weighted by atomic mass is 9.97. The van der Waals surface area contributed by atoms with Gasteiger partial charge in [-0.1, -0.05) is 18.2 Å². The molecule has 2 aromatic carbocycles. The Morgan fingerprint density at radius 3 is 2.48 bits per heavy atom. The number of ether oxygens (including phenoxy) is 1. The van der Waals surface area contributed by atoms with E-state index < -0.39 is 0 Å². The summed E-state index contributed by atoms with van der Waals surface area (Å²) in [6.07, 6.45) is 1.59. The van der Waals surface area contributed by atoms with Crippen LogP contribution in [0.2, 0.25) is 0 Å². The minimum Gasteiger partial charge on any atom is -0.378 e. The van der Waals surface area contributed by atoms with Gasteiger partial charge >= 0.3 is 6.03 Å². The standard InChI is InChI=1S/C24H30N4O3/c1-18-5-2-7-20(15-18)26-24(30)28-10-4-6-19(17-28)23(29)25-21-8-3-9-22(16-21)27-11-13-31-14-12-27/h2-3,5,7-9,15-16,19H,4,6,10-14,17H2,1H3,(H,25,29)(H,26,30). The predicted octanol–water partition coefficient (Wildman–Crippen LogP) is 3.71. The van der Waals surface area contributed by atoms with Crippen molar-refractivity contribution in [3.63, 3.8) is 0 Å². The summed E-state index contributed by atoms with van der Waals surface area (Å²) in [5.41, 5.74) is 3.74. The van der Waals surface area contributed by atoms with Gasteiger partial charge in [0.25, 0.3) is 0 Å². The second-order valence-electron chi connectivity index (χ2n) is 8.22. The Morgan fingerprint density at radius 1 is 0.968 bits per heavy atom.